The van der Waals surface area contributed by atoms with Crippen LogP contribution in [-0.2, 0) is 28.7 Å². The van der Waals surface area contributed by atoms with Crippen LogP contribution in [0.5, 0.6) is 0 Å². The summed E-state index contributed by atoms with van der Waals surface area (Å²) >= 11 is 0. The molecule has 0 bridgehead atoms. The molecule has 0 radical (unpaired) electrons. The minimum absolute atomic E-state index is 0.108. The highest BCUT2D eigenvalue weighted by Crippen LogP contribution is 2.13. The van der Waals surface area contributed by atoms with Crippen LogP contribution in [0.3, 0.4) is 0 Å². The lowest BCUT2D eigenvalue weighted by molar-refractivity contribution is -0.197. The number of unbranched alkanes of at least 4 members (excludes halogenated alkanes) is 1. The normalized spacial score (nSPS) is 15.3. The Morgan fingerprint density at radius 1 is 1.22 bits per heavy atom. The molecule has 1 fully saturated rings. The summed E-state index contributed by atoms with van der Waals surface area (Å²) in [6.45, 7) is 0.712. The van der Waals surface area contributed by atoms with Crippen LogP contribution in [0, 0.1) is 0 Å². The van der Waals surface area contributed by atoms with Crippen LogP contribution in [0.15, 0.2) is 0 Å². The third kappa shape index (κ3) is 4.80. The number of carbonyl (C=O) groups is 3. The number of carbonyl (C=O) groups excluding carboxylic acids is 3. The van der Waals surface area contributed by atoms with Crippen molar-refractivity contribution in [2.75, 3.05) is 20.5 Å². The van der Waals surface area contributed by atoms with Gasteiger partial charge in [0, 0.05) is 33.0 Å². The number of rotatable bonds is 8. The van der Waals surface area contributed by atoms with Gasteiger partial charge in [0.1, 0.15) is 6.79 Å². The van der Waals surface area contributed by atoms with Crippen molar-refractivity contribution in [2.45, 2.75) is 32.1 Å². The van der Waals surface area contributed by atoms with Gasteiger partial charge in [-0.1, -0.05) is 0 Å². The summed E-state index contributed by atoms with van der Waals surface area (Å²) in [6, 6.07) is 0. The quantitative estimate of drug-likeness (QED) is 0.356. The van der Waals surface area contributed by atoms with Crippen LogP contribution in [0.2, 0.25) is 0 Å². The van der Waals surface area contributed by atoms with Gasteiger partial charge in [-0.05, 0) is 12.8 Å². The number of amides is 2. The second kappa shape index (κ2) is 7.78. The van der Waals surface area contributed by atoms with E-state index in [4.69, 9.17) is 9.57 Å². The predicted octanol–water partition coefficient (Wildman–Crippen LogP) is 0.384. The Morgan fingerprint density at radius 2 is 1.89 bits per heavy atom. The minimum atomic E-state index is -0.578. The highest BCUT2D eigenvalue weighted by atomic mass is 16.7. The number of hydrogen-bond donors (Lipinski definition) is 0. The first-order valence-corrected chi connectivity index (χ1v) is 5.78. The zero-order valence-electron chi connectivity index (χ0n) is 10.3. The topological polar surface area (TPSA) is 82.1 Å². The van der Waals surface area contributed by atoms with Crippen molar-refractivity contribution in [1.82, 2.24) is 5.06 Å². The van der Waals surface area contributed by atoms with Gasteiger partial charge in [-0.25, -0.2) is 4.79 Å². The van der Waals surface area contributed by atoms with Crippen molar-refractivity contribution in [1.29, 1.82) is 0 Å². The maximum Gasteiger partial charge on any atom is 0.333 e. The zero-order chi connectivity index (χ0) is 13.4. The molecule has 1 aliphatic heterocycles. The van der Waals surface area contributed by atoms with Crippen LogP contribution in [0.4, 0.5) is 0 Å². The summed E-state index contributed by atoms with van der Waals surface area (Å²) in [5.41, 5.74) is 0. The van der Waals surface area contributed by atoms with E-state index in [1.54, 1.807) is 0 Å². The second-order valence-electron chi connectivity index (χ2n) is 3.82. The second-order valence-corrected chi connectivity index (χ2v) is 3.82. The highest BCUT2D eigenvalue weighted by Gasteiger charge is 2.32. The molecule has 7 nitrogen and oxygen atoms in total. The summed E-state index contributed by atoms with van der Waals surface area (Å²) in [4.78, 5) is 38.4. The molecule has 0 spiro atoms. The molecule has 0 aromatic carbocycles. The van der Waals surface area contributed by atoms with E-state index in [9.17, 15) is 14.4 Å². The molecule has 0 saturated carbocycles. The number of imide groups is 1. The third-order valence-corrected chi connectivity index (χ3v) is 2.32. The lowest BCUT2D eigenvalue weighted by atomic mass is 10.2. The van der Waals surface area contributed by atoms with Crippen molar-refractivity contribution >= 4 is 17.8 Å². The van der Waals surface area contributed by atoms with Gasteiger partial charge in [0.25, 0.3) is 11.8 Å². The fourth-order valence-electron chi connectivity index (χ4n) is 1.42. The van der Waals surface area contributed by atoms with E-state index >= 15 is 0 Å². The molecule has 7 heteroatoms. The van der Waals surface area contributed by atoms with Crippen molar-refractivity contribution in [3.63, 3.8) is 0 Å². The van der Waals surface area contributed by atoms with Crippen molar-refractivity contribution in [3.8, 4) is 0 Å². The van der Waals surface area contributed by atoms with Gasteiger partial charge >= 0.3 is 5.97 Å². The average molecular weight is 259 g/mol. The average Bonchev–Trinajstić information content (AvgIpc) is 2.65. The molecule has 102 valence electrons. The summed E-state index contributed by atoms with van der Waals surface area (Å²) in [5.74, 6) is -1.50. The Labute approximate surface area is 105 Å². The van der Waals surface area contributed by atoms with Gasteiger partial charge in [0.15, 0.2) is 0 Å². The first-order valence-electron chi connectivity index (χ1n) is 5.78. The monoisotopic (exact) mass is 259 g/mol. The molecule has 0 aromatic rings. The van der Waals surface area contributed by atoms with Crippen molar-refractivity contribution < 1.29 is 28.7 Å². The van der Waals surface area contributed by atoms with Crippen molar-refractivity contribution in [3.05, 3.63) is 0 Å². The predicted molar refractivity (Wildman–Crippen MR) is 58.9 cm³/mol. The van der Waals surface area contributed by atoms with E-state index < -0.39 is 17.8 Å². The van der Waals surface area contributed by atoms with Crippen LogP contribution in [-0.4, -0.2) is 43.4 Å². The van der Waals surface area contributed by atoms with Gasteiger partial charge in [0.2, 0.25) is 0 Å². The smallest absolute Gasteiger partial charge is 0.333 e. The van der Waals surface area contributed by atoms with Crippen LogP contribution >= 0.6 is 0 Å². The molecule has 1 aliphatic rings. The Morgan fingerprint density at radius 3 is 2.50 bits per heavy atom. The number of hydroxylamine groups is 2. The molecule has 1 heterocycles. The van der Waals surface area contributed by atoms with E-state index in [-0.39, 0.29) is 26.1 Å². The van der Waals surface area contributed by atoms with Crippen molar-refractivity contribution in [2.24, 2.45) is 0 Å². The number of methoxy groups -OCH3 is 1. The Bertz CT molecular complexity index is 301. The van der Waals surface area contributed by atoms with Crippen LogP contribution in [0.1, 0.15) is 32.1 Å². The van der Waals surface area contributed by atoms with Crippen LogP contribution < -0.4 is 0 Å². The van der Waals surface area contributed by atoms with Gasteiger partial charge in [-0.15, -0.1) is 5.06 Å². The van der Waals surface area contributed by atoms with Crippen LogP contribution in [0.25, 0.3) is 0 Å². The lowest BCUT2D eigenvalue weighted by Gasteiger charge is -2.12. The molecule has 0 unspecified atom stereocenters. The van der Waals surface area contributed by atoms with E-state index in [1.165, 1.54) is 7.11 Å². The number of ether oxygens (including phenoxy) is 2. The molecule has 0 aromatic heterocycles. The maximum atomic E-state index is 11.3. The van der Waals surface area contributed by atoms with Gasteiger partial charge in [-0.3, -0.25) is 9.59 Å². The van der Waals surface area contributed by atoms with E-state index in [2.05, 4.69) is 4.74 Å². The number of nitrogens with zero attached hydrogens (tertiary/aromatic N) is 1. The maximum absolute atomic E-state index is 11.3. The first kappa shape index (κ1) is 14.6. The molecule has 0 atom stereocenters. The molecular formula is C11H17NO6. The van der Waals surface area contributed by atoms with E-state index in [0.717, 1.165) is 0 Å². The molecule has 1 rings (SSSR count). The molecule has 0 aliphatic carbocycles. The van der Waals surface area contributed by atoms with Gasteiger partial charge < -0.3 is 14.3 Å². The van der Waals surface area contributed by atoms with Gasteiger partial charge in [-0.2, -0.15) is 0 Å². The molecule has 2 amide bonds. The lowest BCUT2D eigenvalue weighted by Crippen LogP contribution is -2.31. The Balaban J connectivity index is 2.10. The zero-order valence-corrected chi connectivity index (χ0v) is 10.3. The fraction of sp³-hybridized carbons (Fsp3) is 0.727. The van der Waals surface area contributed by atoms with E-state index in [1.807, 2.05) is 0 Å². The molecule has 18 heavy (non-hydrogen) atoms. The fourth-order valence-corrected chi connectivity index (χ4v) is 1.42. The molecule has 1 saturated heterocycles. The molecular weight excluding hydrogens is 242 g/mol. The summed E-state index contributed by atoms with van der Waals surface area (Å²) < 4.78 is 9.73. The summed E-state index contributed by atoms with van der Waals surface area (Å²) in [6.07, 6.45) is 1.61. The summed E-state index contributed by atoms with van der Waals surface area (Å²) in [5, 5.41) is 0.559. The summed E-state index contributed by atoms with van der Waals surface area (Å²) in [7, 11) is 1.53. The van der Waals surface area contributed by atoms with Gasteiger partial charge in [0.05, 0.1) is 0 Å². The SMILES string of the molecule is COCOCCCCC(=O)ON1C(=O)CCC1=O. The minimum Gasteiger partial charge on any atom is -0.359 e. The van der Waals surface area contributed by atoms with E-state index in [0.29, 0.717) is 24.5 Å². The first-order chi connectivity index (χ1) is 8.65. The standard InChI is InChI=1S/C11H17NO6/c1-16-8-17-7-3-2-4-11(15)18-12-9(13)5-6-10(12)14/h2-8H2,1H3. The largest absolute Gasteiger partial charge is 0.359 e. The Kier molecular flexibility index (Phi) is 6.31. The highest BCUT2D eigenvalue weighted by molar-refractivity contribution is 6.01. The Hall–Kier alpha value is -1.47. The third-order valence-electron chi connectivity index (χ3n) is 2.32. The number of hydrogen-bond acceptors (Lipinski definition) is 6. The molecule has 0 N–H and O–H groups in total.